The van der Waals surface area contributed by atoms with Crippen LogP contribution in [0.5, 0.6) is 11.5 Å². The van der Waals surface area contributed by atoms with Crippen molar-refractivity contribution in [3.63, 3.8) is 0 Å². The van der Waals surface area contributed by atoms with Crippen LogP contribution in [0, 0.1) is 5.82 Å². The molecule has 1 N–H and O–H groups in total. The number of benzene rings is 3. The number of aromatic nitrogens is 2. The van der Waals surface area contributed by atoms with Crippen molar-refractivity contribution in [2.75, 3.05) is 7.11 Å². The van der Waals surface area contributed by atoms with E-state index < -0.39 is 0 Å². The second-order valence-electron chi connectivity index (χ2n) is 5.96. The van der Waals surface area contributed by atoms with Crippen molar-refractivity contribution in [1.29, 1.82) is 0 Å². The van der Waals surface area contributed by atoms with E-state index in [2.05, 4.69) is 9.97 Å². The molecule has 4 aromatic rings. The predicted molar refractivity (Wildman–Crippen MR) is 104 cm³/mol. The number of nitrogens with one attached hydrogen (secondary N) is 1. The lowest BCUT2D eigenvalue weighted by molar-refractivity contribution is 0.285. The highest BCUT2D eigenvalue weighted by Gasteiger charge is 2.16. The fourth-order valence-corrected chi connectivity index (χ4v) is 3.10. The number of hydrogen-bond donors (Lipinski definition) is 1. The van der Waals surface area contributed by atoms with Crippen molar-refractivity contribution in [2.45, 2.75) is 6.61 Å². The minimum Gasteiger partial charge on any atom is -0.493 e. The summed E-state index contributed by atoms with van der Waals surface area (Å²) >= 11 is 6.11. The van der Waals surface area contributed by atoms with Crippen molar-refractivity contribution in [3.05, 3.63) is 77.1 Å². The van der Waals surface area contributed by atoms with E-state index >= 15 is 0 Å². The van der Waals surface area contributed by atoms with Gasteiger partial charge in [0.25, 0.3) is 0 Å². The summed E-state index contributed by atoms with van der Waals surface area (Å²) in [6.45, 7) is 0.173. The maximum absolute atomic E-state index is 13.3. The van der Waals surface area contributed by atoms with E-state index in [0.29, 0.717) is 27.9 Å². The van der Waals surface area contributed by atoms with Crippen molar-refractivity contribution in [2.24, 2.45) is 0 Å². The van der Waals surface area contributed by atoms with Crippen LogP contribution in [0.4, 0.5) is 4.39 Å². The van der Waals surface area contributed by atoms with Crippen LogP contribution in [0.3, 0.4) is 0 Å². The molecule has 0 aliphatic rings. The van der Waals surface area contributed by atoms with E-state index in [-0.39, 0.29) is 12.4 Å². The Kier molecular flexibility index (Phi) is 4.69. The van der Waals surface area contributed by atoms with Crippen LogP contribution in [0.2, 0.25) is 5.02 Å². The van der Waals surface area contributed by atoms with E-state index in [1.54, 1.807) is 13.2 Å². The summed E-state index contributed by atoms with van der Waals surface area (Å²) in [6, 6.07) is 17.6. The zero-order valence-electron chi connectivity index (χ0n) is 14.5. The summed E-state index contributed by atoms with van der Waals surface area (Å²) in [5.74, 6) is 1.41. The molecule has 27 heavy (non-hydrogen) atoms. The van der Waals surface area contributed by atoms with E-state index in [9.17, 15) is 4.39 Å². The Hall–Kier alpha value is -3.05. The van der Waals surface area contributed by atoms with Crippen LogP contribution >= 0.6 is 11.6 Å². The Balaban J connectivity index is 1.72. The Morgan fingerprint density at radius 1 is 1.07 bits per heavy atom. The van der Waals surface area contributed by atoms with Gasteiger partial charge in [0.15, 0.2) is 11.5 Å². The molecule has 6 heteroatoms. The first-order valence-electron chi connectivity index (χ1n) is 8.34. The van der Waals surface area contributed by atoms with Gasteiger partial charge < -0.3 is 14.5 Å². The average Bonchev–Trinajstić information content (AvgIpc) is 3.11. The van der Waals surface area contributed by atoms with Gasteiger partial charge in [-0.2, -0.15) is 0 Å². The van der Waals surface area contributed by atoms with Gasteiger partial charge in [0.1, 0.15) is 18.2 Å². The second kappa shape index (κ2) is 7.29. The molecule has 4 rings (SSSR count). The molecule has 4 nitrogen and oxygen atoms in total. The van der Waals surface area contributed by atoms with Gasteiger partial charge in [-0.15, -0.1) is 0 Å². The summed E-state index contributed by atoms with van der Waals surface area (Å²) < 4.78 is 24.7. The van der Waals surface area contributed by atoms with Gasteiger partial charge in [-0.3, -0.25) is 0 Å². The first-order valence-corrected chi connectivity index (χ1v) is 8.72. The number of hydrogen-bond acceptors (Lipinski definition) is 3. The first-order chi connectivity index (χ1) is 13.2. The summed E-state index contributed by atoms with van der Waals surface area (Å²) in [6.07, 6.45) is 0. The molecule has 0 atom stereocenters. The van der Waals surface area contributed by atoms with Crippen LogP contribution in [-0.2, 0) is 6.61 Å². The summed E-state index contributed by atoms with van der Waals surface area (Å²) in [5.41, 5.74) is 3.24. The number of fused-ring (bicyclic) bond motifs is 1. The molecule has 0 fully saturated rings. The lowest BCUT2D eigenvalue weighted by Gasteiger charge is -2.14. The third-order valence-electron chi connectivity index (χ3n) is 4.23. The topological polar surface area (TPSA) is 47.1 Å². The molecule has 0 bridgehead atoms. The Bertz CT molecular complexity index is 1080. The van der Waals surface area contributed by atoms with E-state index in [1.165, 1.54) is 12.1 Å². The molecule has 1 aromatic heterocycles. The number of para-hydroxylation sites is 3. The van der Waals surface area contributed by atoms with E-state index in [1.807, 2.05) is 42.5 Å². The second-order valence-corrected chi connectivity index (χ2v) is 6.37. The molecule has 3 aromatic carbocycles. The molecule has 0 unspecified atom stereocenters. The third-order valence-corrected chi connectivity index (χ3v) is 4.58. The van der Waals surface area contributed by atoms with Crippen molar-refractivity contribution < 1.29 is 13.9 Å². The maximum Gasteiger partial charge on any atom is 0.172 e. The highest BCUT2D eigenvalue weighted by atomic mass is 35.5. The smallest absolute Gasteiger partial charge is 0.172 e. The summed E-state index contributed by atoms with van der Waals surface area (Å²) in [4.78, 5) is 7.93. The van der Waals surface area contributed by atoms with Crippen molar-refractivity contribution >= 4 is 22.6 Å². The SMILES string of the molecule is COc1cccc(-c2nc3ccccc3[nH]2)c1OCc1ccc(F)cc1Cl. The average molecular weight is 383 g/mol. The number of methoxy groups -OCH3 is 1. The van der Waals surface area contributed by atoms with Crippen LogP contribution < -0.4 is 9.47 Å². The molecule has 0 saturated carbocycles. The predicted octanol–water partition coefficient (Wildman–Crippen LogP) is 5.61. The molecule has 136 valence electrons. The first kappa shape index (κ1) is 17.4. The zero-order chi connectivity index (χ0) is 18.8. The Morgan fingerprint density at radius 2 is 1.93 bits per heavy atom. The van der Waals surface area contributed by atoms with Gasteiger partial charge in [0.05, 0.1) is 28.7 Å². The van der Waals surface area contributed by atoms with E-state index in [0.717, 1.165) is 16.6 Å². The van der Waals surface area contributed by atoms with Gasteiger partial charge >= 0.3 is 0 Å². The normalized spacial score (nSPS) is 10.9. The number of nitrogens with zero attached hydrogens (tertiary/aromatic N) is 1. The van der Waals surface area contributed by atoms with Gasteiger partial charge in [-0.25, -0.2) is 9.37 Å². The standard InChI is InChI=1S/C21H16ClFN2O2/c1-26-19-8-4-5-15(21-24-17-6-2-3-7-18(17)25-21)20(19)27-12-13-9-10-14(23)11-16(13)22/h2-11H,12H2,1H3,(H,24,25). The maximum atomic E-state index is 13.3. The van der Waals surface area contributed by atoms with Gasteiger partial charge in [-0.1, -0.05) is 35.9 Å². The molecule has 0 aliphatic heterocycles. The fraction of sp³-hybridized carbons (Fsp3) is 0.0952. The lowest BCUT2D eigenvalue weighted by atomic mass is 10.1. The number of aromatic amines is 1. The van der Waals surface area contributed by atoms with Crippen LogP contribution in [0.1, 0.15) is 5.56 Å². The van der Waals surface area contributed by atoms with Gasteiger partial charge in [0.2, 0.25) is 0 Å². The monoisotopic (exact) mass is 382 g/mol. The molecule has 1 heterocycles. The van der Waals surface area contributed by atoms with Crippen LogP contribution in [0.25, 0.3) is 22.4 Å². The molecule has 0 aliphatic carbocycles. The molecule has 0 amide bonds. The van der Waals surface area contributed by atoms with Crippen LogP contribution in [0.15, 0.2) is 60.7 Å². The fourth-order valence-electron chi connectivity index (χ4n) is 2.88. The molecule has 0 spiro atoms. The zero-order valence-corrected chi connectivity index (χ0v) is 15.3. The summed E-state index contributed by atoms with van der Waals surface area (Å²) in [7, 11) is 1.58. The summed E-state index contributed by atoms with van der Waals surface area (Å²) in [5, 5.41) is 0.315. The molecule has 0 radical (unpaired) electrons. The highest BCUT2D eigenvalue weighted by molar-refractivity contribution is 6.31. The van der Waals surface area contributed by atoms with Gasteiger partial charge in [0, 0.05) is 5.56 Å². The largest absolute Gasteiger partial charge is 0.493 e. The van der Waals surface area contributed by atoms with Crippen molar-refractivity contribution in [1.82, 2.24) is 9.97 Å². The lowest BCUT2D eigenvalue weighted by Crippen LogP contribution is -2.01. The van der Waals surface area contributed by atoms with Crippen molar-refractivity contribution in [3.8, 4) is 22.9 Å². The van der Waals surface area contributed by atoms with Gasteiger partial charge in [-0.05, 0) is 36.4 Å². The Morgan fingerprint density at radius 3 is 2.70 bits per heavy atom. The minimum absolute atomic E-state index is 0.173. The minimum atomic E-state index is -0.385. The number of rotatable bonds is 5. The molecule has 0 saturated heterocycles. The number of imidazole rings is 1. The van der Waals surface area contributed by atoms with E-state index in [4.69, 9.17) is 21.1 Å². The van der Waals surface area contributed by atoms with Crippen LogP contribution in [-0.4, -0.2) is 17.1 Å². The number of halogens is 2. The molecular weight excluding hydrogens is 367 g/mol. The Labute approximate surface area is 160 Å². The third kappa shape index (κ3) is 3.46. The highest BCUT2D eigenvalue weighted by Crippen LogP contribution is 2.38. The number of H-pyrrole nitrogens is 1. The molecular formula is C21H16ClFN2O2. The quantitative estimate of drug-likeness (QED) is 0.488. The number of ether oxygens (including phenoxy) is 2.